The number of halogens is 2. The van der Waals surface area contributed by atoms with Gasteiger partial charge >= 0.3 is 0 Å². The molecule has 7 heteroatoms. The molecule has 0 fully saturated rings. The lowest BCUT2D eigenvalue weighted by molar-refractivity contribution is 0.386. The molecule has 0 unspecified atom stereocenters. The van der Waals surface area contributed by atoms with Crippen LogP contribution in [-0.2, 0) is 0 Å². The minimum absolute atomic E-state index is 0.0724. The van der Waals surface area contributed by atoms with E-state index in [1.165, 1.54) is 19.2 Å². The summed E-state index contributed by atoms with van der Waals surface area (Å²) in [4.78, 5) is 7.88. The Labute approximate surface area is 114 Å². The van der Waals surface area contributed by atoms with E-state index in [0.717, 1.165) is 0 Å². The molecule has 0 saturated heterocycles. The number of nitrogens with two attached hydrogens (primary N) is 1. The molecule has 1 aromatic heterocycles. The van der Waals surface area contributed by atoms with Crippen LogP contribution in [-0.4, -0.2) is 17.1 Å². The Hall–Kier alpha value is -2.08. The van der Waals surface area contributed by atoms with Gasteiger partial charge in [0.1, 0.15) is 0 Å². The van der Waals surface area contributed by atoms with Crippen molar-refractivity contribution in [2.24, 2.45) is 0 Å². The minimum atomic E-state index is -0.483. The fourth-order valence-electron chi connectivity index (χ4n) is 1.52. The Morgan fingerprint density at radius 2 is 2.11 bits per heavy atom. The predicted octanol–water partition coefficient (Wildman–Crippen LogP) is 2.91. The van der Waals surface area contributed by atoms with E-state index >= 15 is 0 Å². The molecule has 19 heavy (non-hydrogen) atoms. The number of anilines is 3. The van der Waals surface area contributed by atoms with Crippen molar-refractivity contribution in [3.63, 3.8) is 0 Å². The summed E-state index contributed by atoms with van der Waals surface area (Å²) in [5.74, 6) is 0.0143. The van der Waals surface area contributed by atoms with Crippen LogP contribution in [0.1, 0.15) is 5.69 Å². The number of ether oxygens (including phenoxy) is 1. The van der Waals surface area contributed by atoms with Gasteiger partial charge in [-0.15, -0.1) is 0 Å². The third-order valence-electron chi connectivity index (χ3n) is 2.52. The molecule has 3 N–H and O–H groups in total. The number of hydrogen-bond acceptors (Lipinski definition) is 5. The average molecular weight is 283 g/mol. The summed E-state index contributed by atoms with van der Waals surface area (Å²) in [5.41, 5.74) is 7.23. The molecule has 100 valence electrons. The van der Waals surface area contributed by atoms with Crippen LogP contribution in [0.15, 0.2) is 18.2 Å². The third-order valence-corrected chi connectivity index (χ3v) is 2.69. The van der Waals surface area contributed by atoms with Gasteiger partial charge in [0, 0.05) is 11.8 Å². The van der Waals surface area contributed by atoms with Gasteiger partial charge in [-0.1, -0.05) is 0 Å². The van der Waals surface area contributed by atoms with Gasteiger partial charge in [0.05, 0.1) is 18.5 Å². The molecule has 0 atom stereocenters. The summed E-state index contributed by atoms with van der Waals surface area (Å²) in [6.45, 7) is 1.71. The van der Waals surface area contributed by atoms with E-state index in [9.17, 15) is 4.39 Å². The smallest absolute Gasteiger partial charge is 0.224 e. The number of aryl methyl sites for hydroxylation is 1. The summed E-state index contributed by atoms with van der Waals surface area (Å²) in [6, 6.07) is 4.43. The summed E-state index contributed by atoms with van der Waals surface area (Å²) in [7, 11) is 1.40. The molecular weight excluding hydrogens is 271 g/mol. The molecule has 1 heterocycles. The third kappa shape index (κ3) is 2.85. The van der Waals surface area contributed by atoms with Crippen molar-refractivity contribution in [1.82, 2.24) is 9.97 Å². The number of methoxy groups -OCH3 is 1. The molecule has 0 radical (unpaired) electrons. The number of nitrogens with zero attached hydrogens (tertiary/aromatic N) is 2. The topological polar surface area (TPSA) is 73.1 Å². The molecule has 0 amide bonds. The molecule has 1 aromatic carbocycles. The van der Waals surface area contributed by atoms with E-state index in [4.69, 9.17) is 22.1 Å². The maximum Gasteiger partial charge on any atom is 0.224 e. The van der Waals surface area contributed by atoms with Crippen LogP contribution in [0.2, 0.25) is 5.28 Å². The SMILES string of the molecule is COc1ccc(Nc2nc(Cl)nc(C)c2N)cc1F. The molecular formula is C12H12ClFN4O. The Balaban J connectivity index is 2.33. The summed E-state index contributed by atoms with van der Waals surface area (Å²) < 4.78 is 18.4. The van der Waals surface area contributed by atoms with Gasteiger partial charge in [-0.25, -0.2) is 9.37 Å². The van der Waals surface area contributed by atoms with Crippen LogP contribution in [0.25, 0.3) is 0 Å². The van der Waals surface area contributed by atoms with Crippen LogP contribution in [0, 0.1) is 12.7 Å². The summed E-state index contributed by atoms with van der Waals surface area (Å²) in [5, 5.41) is 2.96. The van der Waals surface area contributed by atoms with E-state index in [2.05, 4.69) is 15.3 Å². The van der Waals surface area contributed by atoms with Crippen molar-refractivity contribution in [2.45, 2.75) is 6.92 Å². The second-order valence-electron chi connectivity index (χ2n) is 3.81. The molecule has 0 aliphatic carbocycles. The lowest BCUT2D eigenvalue weighted by Crippen LogP contribution is -2.04. The van der Waals surface area contributed by atoms with Crippen LogP contribution < -0.4 is 15.8 Å². The van der Waals surface area contributed by atoms with Crippen molar-refractivity contribution in [3.8, 4) is 5.75 Å². The van der Waals surface area contributed by atoms with Gasteiger partial charge in [-0.05, 0) is 30.7 Å². The van der Waals surface area contributed by atoms with Gasteiger partial charge in [-0.2, -0.15) is 4.98 Å². The monoisotopic (exact) mass is 282 g/mol. The zero-order chi connectivity index (χ0) is 14.0. The minimum Gasteiger partial charge on any atom is -0.494 e. The normalized spacial score (nSPS) is 10.3. The van der Waals surface area contributed by atoms with Gasteiger partial charge in [-0.3, -0.25) is 0 Å². The van der Waals surface area contributed by atoms with Crippen molar-refractivity contribution >= 4 is 28.8 Å². The molecule has 0 saturated carbocycles. The fourth-order valence-corrected chi connectivity index (χ4v) is 1.73. The Morgan fingerprint density at radius 3 is 2.74 bits per heavy atom. The number of benzene rings is 1. The molecule has 0 aliphatic rings. The molecule has 2 rings (SSSR count). The van der Waals surface area contributed by atoms with Crippen LogP contribution in [0.3, 0.4) is 0 Å². The van der Waals surface area contributed by atoms with Crippen molar-refractivity contribution in [1.29, 1.82) is 0 Å². The molecule has 0 spiro atoms. The Morgan fingerprint density at radius 1 is 1.37 bits per heavy atom. The highest BCUT2D eigenvalue weighted by Crippen LogP contribution is 2.27. The number of hydrogen-bond donors (Lipinski definition) is 2. The first kappa shape index (κ1) is 13.4. The van der Waals surface area contributed by atoms with Gasteiger partial charge in [0.15, 0.2) is 17.4 Å². The van der Waals surface area contributed by atoms with E-state index in [1.807, 2.05) is 0 Å². The number of nitrogens with one attached hydrogen (secondary N) is 1. The zero-order valence-electron chi connectivity index (χ0n) is 10.4. The first-order valence-electron chi connectivity index (χ1n) is 5.41. The summed E-state index contributed by atoms with van der Waals surface area (Å²) in [6.07, 6.45) is 0. The van der Waals surface area contributed by atoms with E-state index < -0.39 is 5.82 Å². The molecule has 2 aromatic rings. The predicted molar refractivity (Wildman–Crippen MR) is 72.4 cm³/mol. The van der Waals surface area contributed by atoms with Crippen molar-refractivity contribution < 1.29 is 9.13 Å². The Kier molecular flexibility index (Phi) is 3.71. The first-order chi connectivity index (χ1) is 9.01. The largest absolute Gasteiger partial charge is 0.494 e. The molecule has 0 aliphatic heterocycles. The Bertz CT molecular complexity index is 621. The molecule has 5 nitrogen and oxygen atoms in total. The highest BCUT2D eigenvalue weighted by molar-refractivity contribution is 6.28. The lowest BCUT2D eigenvalue weighted by Gasteiger charge is -2.11. The maximum atomic E-state index is 13.6. The first-order valence-corrected chi connectivity index (χ1v) is 5.79. The fraction of sp³-hybridized carbons (Fsp3) is 0.167. The average Bonchev–Trinajstić information content (AvgIpc) is 2.35. The number of nitrogen functional groups attached to an aromatic ring is 1. The quantitative estimate of drug-likeness (QED) is 0.847. The molecule has 0 bridgehead atoms. The highest BCUT2D eigenvalue weighted by atomic mass is 35.5. The summed E-state index contributed by atoms with van der Waals surface area (Å²) >= 11 is 5.76. The van der Waals surface area contributed by atoms with Crippen molar-refractivity contribution in [2.75, 3.05) is 18.2 Å². The van der Waals surface area contributed by atoms with Crippen LogP contribution >= 0.6 is 11.6 Å². The van der Waals surface area contributed by atoms with Gasteiger partial charge in [0.25, 0.3) is 0 Å². The maximum absolute atomic E-state index is 13.6. The number of aromatic nitrogens is 2. The number of rotatable bonds is 3. The zero-order valence-corrected chi connectivity index (χ0v) is 11.1. The van der Waals surface area contributed by atoms with Crippen molar-refractivity contribution in [3.05, 3.63) is 35.0 Å². The van der Waals surface area contributed by atoms with Gasteiger partial charge in [0.2, 0.25) is 5.28 Å². The van der Waals surface area contributed by atoms with Crippen LogP contribution in [0.4, 0.5) is 21.6 Å². The van der Waals surface area contributed by atoms with Gasteiger partial charge < -0.3 is 15.8 Å². The standard InChI is InChI=1S/C12H12ClFN4O/c1-6-10(15)11(18-12(13)16-6)17-7-3-4-9(19-2)8(14)5-7/h3-5H,15H2,1-2H3,(H,16,17,18). The van der Waals surface area contributed by atoms with Crippen LogP contribution in [0.5, 0.6) is 5.75 Å². The van der Waals surface area contributed by atoms with E-state index in [1.54, 1.807) is 13.0 Å². The lowest BCUT2D eigenvalue weighted by atomic mass is 10.2. The highest BCUT2D eigenvalue weighted by Gasteiger charge is 2.09. The second-order valence-corrected chi connectivity index (χ2v) is 4.15. The second kappa shape index (κ2) is 5.27. The van der Waals surface area contributed by atoms with E-state index in [-0.39, 0.29) is 11.0 Å². The van der Waals surface area contributed by atoms with E-state index in [0.29, 0.717) is 22.9 Å².